The van der Waals surface area contributed by atoms with Gasteiger partial charge < -0.3 is 9.84 Å². The molecule has 0 unspecified atom stereocenters. The van der Waals surface area contributed by atoms with Crippen molar-refractivity contribution in [3.05, 3.63) is 34.3 Å². The summed E-state index contributed by atoms with van der Waals surface area (Å²) in [5, 5.41) is 9.95. The zero-order valence-corrected chi connectivity index (χ0v) is 13.0. The highest BCUT2D eigenvalue weighted by molar-refractivity contribution is 6.30. The van der Waals surface area contributed by atoms with Crippen LogP contribution in [0.1, 0.15) is 37.9 Å². The third-order valence-corrected chi connectivity index (χ3v) is 3.43. The Balaban J connectivity index is 2.36. The van der Waals surface area contributed by atoms with Gasteiger partial charge in [0, 0.05) is 11.6 Å². The van der Waals surface area contributed by atoms with E-state index in [9.17, 15) is 14.7 Å². The monoisotopic (exact) mass is 311 g/mol. The summed E-state index contributed by atoms with van der Waals surface area (Å²) in [6.07, 6.45) is -0.0456. The van der Waals surface area contributed by atoms with Gasteiger partial charge in [0.2, 0.25) is 0 Å². The second-order valence-electron chi connectivity index (χ2n) is 6.01. The number of benzene rings is 1. The first-order valence-electron chi connectivity index (χ1n) is 6.70. The minimum atomic E-state index is -1.09. The van der Waals surface area contributed by atoms with Crippen LogP contribution in [0.15, 0.2) is 18.2 Å². The summed E-state index contributed by atoms with van der Waals surface area (Å²) in [5.74, 6) is -1.09. The Morgan fingerprint density at radius 3 is 2.62 bits per heavy atom. The van der Waals surface area contributed by atoms with Crippen LogP contribution in [0.3, 0.4) is 0 Å². The van der Waals surface area contributed by atoms with Crippen molar-refractivity contribution in [2.24, 2.45) is 0 Å². The summed E-state index contributed by atoms with van der Waals surface area (Å²) in [7, 11) is 0. The van der Waals surface area contributed by atoms with Crippen LogP contribution in [-0.2, 0) is 16.0 Å². The highest BCUT2D eigenvalue weighted by Gasteiger charge is 2.38. The molecule has 0 saturated heterocycles. The molecule has 0 radical (unpaired) electrons. The Kier molecular flexibility index (Phi) is 4.14. The zero-order valence-electron chi connectivity index (χ0n) is 12.2. The zero-order chi connectivity index (χ0) is 15.8. The molecule has 6 heteroatoms. The standard InChI is InChI=1S/C15H18ClNO4/c1-15(2,3)21-14(20)17-7-6-9-4-5-10(16)8-11(9)12(17)13(18)19/h4-5,8,12H,6-7H2,1-3H3,(H,18,19)/t12-/m1/s1. The number of carbonyl (C=O) groups is 2. The highest BCUT2D eigenvalue weighted by atomic mass is 35.5. The summed E-state index contributed by atoms with van der Waals surface area (Å²) in [4.78, 5) is 25.1. The number of carboxylic acid groups (broad SMARTS) is 1. The smallest absolute Gasteiger partial charge is 0.411 e. The van der Waals surface area contributed by atoms with Crippen LogP contribution in [0.2, 0.25) is 5.02 Å². The number of hydrogen-bond acceptors (Lipinski definition) is 3. The van der Waals surface area contributed by atoms with Crippen molar-refractivity contribution in [3.63, 3.8) is 0 Å². The molecule has 2 rings (SSSR count). The maximum Gasteiger partial charge on any atom is 0.411 e. The van der Waals surface area contributed by atoms with Gasteiger partial charge in [-0.1, -0.05) is 17.7 Å². The second kappa shape index (κ2) is 5.56. The van der Waals surface area contributed by atoms with E-state index in [0.717, 1.165) is 5.56 Å². The van der Waals surface area contributed by atoms with Crippen molar-refractivity contribution >= 4 is 23.7 Å². The molecule has 1 aromatic carbocycles. The van der Waals surface area contributed by atoms with Gasteiger partial charge in [-0.2, -0.15) is 0 Å². The summed E-state index contributed by atoms with van der Waals surface area (Å²) in [6.45, 7) is 5.54. The van der Waals surface area contributed by atoms with E-state index < -0.39 is 23.7 Å². The number of fused-ring (bicyclic) bond motifs is 1. The number of nitrogens with zero attached hydrogens (tertiary/aromatic N) is 1. The van der Waals surface area contributed by atoms with Crippen molar-refractivity contribution in [1.29, 1.82) is 0 Å². The predicted octanol–water partition coefficient (Wildman–Crippen LogP) is 3.26. The Labute approximate surface area is 128 Å². The third kappa shape index (κ3) is 3.47. The van der Waals surface area contributed by atoms with Crippen LogP contribution in [0.4, 0.5) is 4.79 Å². The predicted molar refractivity (Wildman–Crippen MR) is 78.5 cm³/mol. The third-order valence-electron chi connectivity index (χ3n) is 3.20. The van der Waals surface area contributed by atoms with Gasteiger partial charge >= 0.3 is 12.1 Å². The minimum Gasteiger partial charge on any atom is -0.479 e. The maximum absolute atomic E-state index is 12.2. The summed E-state index contributed by atoms with van der Waals surface area (Å²) < 4.78 is 5.29. The Bertz CT molecular complexity index is 580. The number of rotatable bonds is 1. The van der Waals surface area contributed by atoms with E-state index in [0.29, 0.717) is 23.6 Å². The highest BCUT2D eigenvalue weighted by Crippen LogP contribution is 2.33. The molecular weight excluding hydrogens is 294 g/mol. The molecule has 1 atom stereocenters. The number of carboxylic acids is 1. The molecule has 0 bridgehead atoms. The number of carbonyl (C=O) groups excluding carboxylic acids is 1. The van der Waals surface area contributed by atoms with Crippen molar-refractivity contribution in [2.45, 2.75) is 38.8 Å². The number of ether oxygens (including phenoxy) is 1. The van der Waals surface area contributed by atoms with Gasteiger partial charge in [0.15, 0.2) is 6.04 Å². The molecule has 21 heavy (non-hydrogen) atoms. The lowest BCUT2D eigenvalue weighted by Gasteiger charge is -2.35. The van der Waals surface area contributed by atoms with E-state index >= 15 is 0 Å². The molecule has 1 aliphatic heterocycles. The molecule has 0 aromatic heterocycles. The van der Waals surface area contributed by atoms with Crippen LogP contribution in [-0.4, -0.2) is 34.2 Å². The van der Waals surface area contributed by atoms with Crippen LogP contribution in [0.25, 0.3) is 0 Å². The summed E-state index contributed by atoms with van der Waals surface area (Å²) >= 11 is 5.95. The van der Waals surface area contributed by atoms with Crippen LogP contribution in [0, 0.1) is 0 Å². The first kappa shape index (κ1) is 15.6. The number of aliphatic carboxylic acids is 1. The fraction of sp³-hybridized carbons (Fsp3) is 0.467. The normalized spacial score (nSPS) is 18.1. The topological polar surface area (TPSA) is 66.8 Å². The van der Waals surface area contributed by atoms with Gasteiger partial charge in [-0.3, -0.25) is 4.90 Å². The fourth-order valence-electron chi connectivity index (χ4n) is 2.37. The van der Waals surface area contributed by atoms with Gasteiger partial charge in [0.05, 0.1) is 0 Å². The lowest BCUT2D eigenvalue weighted by Crippen LogP contribution is -2.45. The Morgan fingerprint density at radius 1 is 1.38 bits per heavy atom. The summed E-state index contributed by atoms with van der Waals surface area (Å²) in [6, 6.07) is 4.07. The molecule has 1 N–H and O–H groups in total. The molecule has 1 aliphatic rings. The quantitative estimate of drug-likeness (QED) is 0.864. The molecular formula is C15H18ClNO4. The molecule has 114 valence electrons. The van der Waals surface area contributed by atoms with Gasteiger partial charge in [-0.05, 0) is 50.5 Å². The van der Waals surface area contributed by atoms with Gasteiger partial charge in [0.25, 0.3) is 0 Å². The van der Waals surface area contributed by atoms with Crippen LogP contribution < -0.4 is 0 Å². The van der Waals surface area contributed by atoms with E-state index in [1.165, 1.54) is 4.90 Å². The average molecular weight is 312 g/mol. The SMILES string of the molecule is CC(C)(C)OC(=O)N1CCc2ccc(Cl)cc2[C@@H]1C(=O)O. The first-order valence-corrected chi connectivity index (χ1v) is 7.07. The molecule has 0 aliphatic carbocycles. The number of halogens is 1. The van der Waals surface area contributed by atoms with Crippen LogP contribution >= 0.6 is 11.6 Å². The van der Waals surface area contributed by atoms with Crippen molar-refractivity contribution < 1.29 is 19.4 Å². The van der Waals surface area contributed by atoms with E-state index in [-0.39, 0.29) is 0 Å². The molecule has 1 aromatic rings. The fourth-order valence-corrected chi connectivity index (χ4v) is 2.55. The van der Waals surface area contributed by atoms with Crippen LogP contribution in [0.5, 0.6) is 0 Å². The Morgan fingerprint density at radius 2 is 2.05 bits per heavy atom. The second-order valence-corrected chi connectivity index (χ2v) is 6.44. The molecule has 1 heterocycles. The lowest BCUT2D eigenvalue weighted by molar-refractivity contribution is -0.143. The minimum absolute atomic E-state index is 0.306. The van der Waals surface area contributed by atoms with E-state index in [2.05, 4.69) is 0 Å². The summed E-state index contributed by atoms with van der Waals surface area (Å²) in [5.41, 5.74) is 0.771. The lowest BCUT2D eigenvalue weighted by atomic mass is 9.93. The molecule has 0 fully saturated rings. The molecule has 5 nitrogen and oxygen atoms in total. The Hall–Kier alpha value is -1.75. The maximum atomic E-state index is 12.2. The van der Waals surface area contributed by atoms with E-state index in [4.69, 9.17) is 16.3 Å². The first-order chi connectivity index (χ1) is 9.69. The van der Waals surface area contributed by atoms with Crippen molar-refractivity contribution in [1.82, 2.24) is 4.90 Å². The van der Waals surface area contributed by atoms with Gasteiger partial charge in [-0.25, -0.2) is 9.59 Å². The van der Waals surface area contributed by atoms with Gasteiger partial charge in [0.1, 0.15) is 5.60 Å². The van der Waals surface area contributed by atoms with E-state index in [1.54, 1.807) is 39.0 Å². The molecule has 0 saturated carbocycles. The van der Waals surface area contributed by atoms with Gasteiger partial charge in [-0.15, -0.1) is 0 Å². The van der Waals surface area contributed by atoms with Crippen molar-refractivity contribution in [2.75, 3.05) is 6.54 Å². The average Bonchev–Trinajstić information content (AvgIpc) is 2.34. The molecule has 0 spiro atoms. The van der Waals surface area contributed by atoms with E-state index in [1.807, 2.05) is 0 Å². The molecule has 1 amide bonds. The van der Waals surface area contributed by atoms with Crippen molar-refractivity contribution in [3.8, 4) is 0 Å². The largest absolute Gasteiger partial charge is 0.479 e. The number of hydrogen-bond donors (Lipinski definition) is 1. The number of amides is 1.